The molecule has 0 atom stereocenters. The predicted octanol–water partition coefficient (Wildman–Crippen LogP) is 7.90. The molecule has 4 aromatic carbocycles. The van der Waals surface area contributed by atoms with Crippen LogP contribution in [0.15, 0.2) is 90.5 Å². The molecule has 0 N–H and O–H groups in total. The lowest BCUT2D eigenvalue weighted by Crippen LogP contribution is -2.56. The lowest BCUT2D eigenvalue weighted by molar-refractivity contribution is -0.120. The molecule has 6 nitrogen and oxygen atoms in total. The maximum absolute atomic E-state index is 13.9. The molecule has 0 spiro atoms. The Kier molecular flexibility index (Phi) is 8.96. The summed E-state index contributed by atoms with van der Waals surface area (Å²) < 4.78 is 12.5. The van der Waals surface area contributed by atoms with Gasteiger partial charge < -0.3 is 9.47 Å². The molecule has 0 radical (unpaired) electrons. The van der Waals surface area contributed by atoms with Crippen LogP contribution in [0, 0.1) is 17.4 Å². The highest BCUT2D eigenvalue weighted by molar-refractivity contribution is 14.1. The number of hydrogen-bond donors (Lipinski definition) is 0. The van der Waals surface area contributed by atoms with E-state index in [1.54, 1.807) is 18.2 Å². The summed E-state index contributed by atoms with van der Waals surface area (Å²) in [6, 6.07) is 25.9. The molecule has 4 aromatic rings. The van der Waals surface area contributed by atoms with Gasteiger partial charge in [0, 0.05) is 10.6 Å². The second-order valence-electron chi connectivity index (χ2n) is 9.71. The van der Waals surface area contributed by atoms with Crippen LogP contribution in [-0.2, 0) is 16.2 Å². The summed E-state index contributed by atoms with van der Waals surface area (Å²) >= 11 is 14.2. The average molecular weight is 709 g/mol. The molecule has 0 aliphatic carbocycles. The predicted molar refractivity (Wildman–Crippen MR) is 179 cm³/mol. The maximum Gasteiger partial charge on any atom is 0.270 e. The molecule has 1 heterocycles. The Labute approximate surface area is 268 Å². The number of rotatable bonds is 7. The zero-order chi connectivity index (χ0) is 30.0. The van der Waals surface area contributed by atoms with Crippen molar-refractivity contribution in [3.8, 4) is 11.5 Å². The van der Waals surface area contributed by atoms with Crippen molar-refractivity contribution in [3.05, 3.63) is 121 Å². The quantitative estimate of drug-likeness (QED) is 0.0846. The maximum atomic E-state index is 13.9. The van der Waals surface area contributed by atoms with Gasteiger partial charge in [0.2, 0.25) is 0 Å². The van der Waals surface area contributed by atoms with Crippen molar-refractivity contribution < 1.29 is 19.1 Å². The second kappa shape index (κ2) is 12.6. The molecule has 2 amide bonds. The van der Waals surface area contributed by atoms with Gasteiger partial charge in [0.25, 0.3) is 11.8 Å². The molecule has 1 saturated heterocycles. The molecular weight excluding hydrogens is 683 g/mol. The van der Waals surface area contributed by atoms with Gasteiger partial charge in [-0.05, 0) is 103 Å². The molecule has 9 heteroatoms. The summed E-state index contributed by atoms with van der Waals surface area (Å²) in [5, 5.41) is 0.696. The van der Waals surface area contributed by atoms with Crippen LogP contribution in [0.25, 0.3) is 6.08 Å². The molecule has 1 aliphatic rings. The van der Waals surface area contributed by atoms with Crippen molar-refractivity contribution in [1.82, 2.24) is 0 Å². The van der Waals surface area contributed by atoms with E-state index in [2.05, 4.69) is 22.6 Å². The Bertz CT molecular complexity index is 1650. The highest BCUT2D eigenvalue weighted by Gasteiger charge is 2.41. The lowest BCUT2D eigenvalue weighted by Gasteiger charge is -2.36. The molecule has 0 unspecified atom stereocenters. The van der Waals surface area contributed by atoms with Crippen LogP contribution in [0.3, 0.4) is 0 Å². The first-order chi connectivity index (χ1) is 20.2. The van der Waals surface area contributed by atoms with Crippen molar-refractivity contribution in [2.75, 3.05) is 16.9 Å². The molecule has 5 rings (SSSR count). The minimum Gasteiger partial charge on any atom is -0.493 e. The first-order valence-corrected chi connectivity index (χ1v) is 14.9. The fraction of sp³-hybridized carbons (Fsp3) is 0.121. The van der Waals surface area contributed by atoms with Crippen molar-refractivity contribution in [2.24, 2.45) is 0 Å². The summed E-state index contributed by atoms with van der Waals surface area (Å²) in [5.41, 5.74) is 4.61. The average Bonchev–Trinajstić information content (AvgIpc) is 2.97. The van der Waals surface area contributed by atoms with E-state index in [-0.39, 0.29) is 17.3 Å². The number of benzene rings is 4. The zero-order valence-electron chi connectivity index (χ0n) is 23.1. The van der Waals surface area contributed by atoms with Crippen LogP contribution >= 0.6 is 46.4 Å². The Morgan fingerprint density at radius 3 is 1.93 bits per heavy atom. The number of halogens is 2. The monoisotopic (exact) mass is 708 g/mol. The molecule has 0 bridgehead atoms. The number of thiocarbonyl (C=S) groups is 1. The standard InChI is InChI=1S/C33H26ClIN2O4S/c1-20-8-12-24(13-9-20)36-31(38)26(32(39)37(33(36)42)25-14-10-21(2)11-15-25)16-22-17-28(35)30(29(18-22)40-3)41-19-23-6-4-5-7-27(23)34/h4-18H,19H2,1-3H3. The van der Waals surface area contributed by atoms with E-state index in [1.165, 1.54) is 16.9 Å². The number of carbonyl (C=O) groups is 2. The number of ether oxygens (including phenoxy) is 2. The first kappa shape index (κ1) is 29.8. The Hall–Kier alpha value is -3.73. The van der Waals surface area contributed by atoms with Crippen LogP contribution in [0.4, 0.5) is 11.4 Å². The van der Waals surface area contributed by atoms with Crippen molar-refractivity contribution in [1.29, 1.82) is 0 Å². The van der Waals surface area contributed by atoms with E-state index in [9.17, 15) is 9.59 Å². The van der Waals surface area contributed by atoms with Gasteiger partial charge in [-0.1, -0.05) is 65.2 Å². The SMILES string of the molecule is COc1cc(C=C2C(=O)N(c3ccc(C)cc3)C(=S)N(c3ccc(C)cc3)C2=O)cc(I)c1OCc1ccccc1Cl. The van der Waals surface area contributed by atoms with E-state index in [0.29, 0.717) is 33.5 Å². The van der Waals surface area contributed by atoms with E-state index in [0.717, 1.165) is 20.3 Å². The fourth-order valence-corrected chi connectivity index (χ4v) is 5.82. The molecule has 1 fully saturated rings. The number of nitrogens with zero attached hydrogens (tertiary/aromatic N) is 2. The molecule has 42 heavy (non-hydrogen) atoms. The number of hydrogen-bond acceptors (Lipinski definition) is 5. The van der Waals surface area contributed by atoms with Gasteiger partial charge in [-0.15, -0.1) is 0 Å². The Morgan fingerprint density at radius 1 is 0.857 bits per heavy atom. The smallest absolute Gasteiger partial charge is 0.270 e. The summed E-state index contributed by atoms with van der Waals surface area (Å²) in [7, 11) is 1.54. The third-order valence-electron chi connectivity index (χ3n) is 6.73. The number of anilines is 2. The molecule has 1 aliphatic heterocycles. The summed E-state index contributed by atoms with van der Waals surface area (Å²) in [6.07, 6.45) is 1.57. The van der Waals surface area contributed by atoms with Crippen molar-refractivity contribution >= 4 is 80.8 Å². The van der Waals surface area contributed by atoms with Gasteiger partial charge in [-0.3, -0.25) is 19.4 Å². The number of carbonyl (C=O) groups excluding carboxylic acids is 2. The summed E-state index contributed by atoms with van der Waals surface area (Å²) in [6.45, 7) is 4.17. The third kappa shape index (κ3) is 6.06. The van der Waals surface area contributed by atoms with E-state index < -0.39 is 11.8 Å². The molecule has 0 aromatic heterocycles. The number of methoxy groups -OCH3 is 1. The van der Waals surface area contributed by atoms with E-state index in [1.807, 2.05) is 86.6 Å². The van der Waals surface area contributed by atoms with Crippen LogP contribution in [0.2, 0.25) is 5.02 Å². The summed E-state index contributed by atoms with van der Waals surface area (Å²) in [4.78, 5) is 30.6. The van der Waals surface area contributed by atoms with Gasteiger partial charge in [0.15, 0.2) is 16.6 Å². The number of amides is 2. The minimum absolute atomic E-state index is 0.0349. The topological polar surface area (TPSA) is 59.1 Å². The Balaban J connectivity index is 1.56. The van der Waals surface area contributed by atoms with Crippen LogP contribution < -0.4 is 19.3 Å². The lowest BCUT2D eigenvalue weighted by atomic mass is 10.0. The largest absolute Gasteiger partial charge is 0.493 e. The van der Waals surface area contributed by atoms with E-state index >= 15 is 0 Å². The van der Waals surface area contributed by atoms with Gasteiger partial charge >= 0.3 is 0 Å². The van der Waals surface area contributed by atoms with Crippen molar-refractivity contribution in [2.45, 2.75) is 20.5 Å². The third-order valence-corrected chi connectivity index (χ3v) is 8.26. The highest BCUT2D eigenvalue weighted by Crippen LogP contribution is 2.37. The van der Waals surface area contributed by atoms with E-state index in [4.69, 9.17) is 33.3 Å². The Morgan fingerprint density at radius 2 is 1.40 bits per heavy atom. The first-order valence-electron chi connectivity index (χ1n) is 13.0. The minimum atomic E-state index is -0.509. The molecule has 212 valence electrons. The van der Waals surface area contributed by atoms with Crippen molar-refractivity contribution in [3.63, 3.8) is 0 Å². The van der Waals surface area contributed by atoms with Gasteiger partial charge in [-0.2, -0.15) is 0 Å². The summed E-state index contributed by atoms with van der Waals surface area (Å²) in [5.74, 6) is -0.0292. The van der Waals surface area contributed by atoms with Crippen LogP contribution in [-0.4, -0.2) is 24.0 Å². The zero-order valence-corrected chi connectivity index (χ0v) is 26.8. The van der Waals surface area contributed by atoms with Gasteiger partial charge in [-0.25, -0.2) is 0 Å². The van der Waals surface area contributed by atoms with Gasteiger partial charge in [0.05, 0.1) is 22.1 Å². The fourth-order valence-electron chi connectivity index (χ4n) is 4.47. The molecular formula is C33H26ClIN2O4S. The normalized spacial score (nSPS) is 13.5. The van der Waals surface area contributed by atoms with Crippen LogP contribution in [0.1, 0.15) is 22.3 Å². The van der Waals surface area contributed by atoms with Gasteiger partial charge in [0.1, 0.15) is 12.2 Å². The highest BCUT2D eigenvalue weighted by atomic mass is 127. The number of aryl methyl sites for hydroxylation is 2. The second-order valence-corrected chi connectivity index (χ2v) is 11.6. The van der Waals surface area contributed by atoms with Crippen LogP contribution in [0.5, 0.6) is 11.5 Å². The molecule has 0 saturated carbocycles.